The molecule has 1 heterocycles. The fourth-order valence-corrected chi connectivity index (χ4v) is 3.00. The Morgan fingerprint density at radius 3 is 2.65 bits per heavy atom. The van der Waals surface area contributed by atoms with E-state index in [2.05, 4.69) is 11.6 Å². The van der Waals surface area contributed by atoms with Crippen molar-refractivity contribution in [2.75, 3.05) is 13.1 Å². The van der Waals surface area contributed by atoms with Crippen LogP contribution in [-0.4, -0.2) is 35.9 Å². The SMILES string of the molecule is C=C(C)CN(CC)S(=O)(=O)c1c[nH]c(CO)c1. The Morgan fingerprint density at radius 2 is 2.24 bits per heavy atom. The summed E-state index contributed by atoms with van der Waals surface area (Å²) in [4.78, 5) is 2.89. The average Bonchev–Trinajstić information content (AvgIpc) is 2.74. The Morgan fingerprint density at radius 1 is 1.59 bits per heavy atom. The molecule has 0 spiro atoms. The zero-order chi connectivity index (χ0) is 13.1. The highest BCUT2D eigenvalue weighted by atomic mass is 32.2. The smallest absolute Gasteiger partial charge is 0.244 e. The van der Waals surface area contributed by atoms with Gasteiger partial charge < -0.3 is 10.1 Å². The molecule has 17 heavy (non-hydrogen) atoms. The Hall–Kier alpha value is -1.11. The summed E-state index contributed by atoms with van der Waals surface area (Å²) >= 11 is 0. The van der Waals surface area contributed by atoms with Gasteiger partial charge in [0, 0.05) is 25.0 Å². The van der Waals surface area contributed by atoms with Crippen molar-refractivity contribution in [1.82, 2.24) is 9.29 Å². The molecule has 0 aromatic carbocycles. The van der Waals surface area contributed by atoms with Crippen LogP contribution in [-0.2, 0) is 16.6 Å². The first-order valence-corrected chi connectivity index (χ1v) is 6.78. The average molecular weight is 258 g/mol. The number of hydrogen-bond acceptors (Lipinski definition) is 3. The van der Waals surface area contributed by atoms with E-state index in [0.29, 0.717) is 18.8 Å². The van der Waals surface area contributed by atoms with E-state index in [1.807, 2.05) is 0 Å². The number of aromatic nitrogens is 1. The summed E-state index contributed by atoms with van der Waals surface area (Å²) in [7, 11) is -3.51. The fourth-order valence-electron chi connectivity index (χ4n) is 1.48. The number of likely N-dealkylation sites (N-methyl/N-ethyl adjacent to an activating group) is 1. The molecule has 0 saturated heterocycles. The fraction of sp³-hybridized carbons (Fsp3) is 0.455. The van der Waals surface area contributed by atoms with E-state index in [1.165, 1.54) is 16.6 Å². The summed E-state index contributed by atoms with van der Waals surface area (Å²) in [6.07, 6.45) is 1.39. The summed E-state index contributed by atoms with van der Waals surface area (Å²) in [5.74, 6) is 0. The van der Waals surface area contributed by atoms with Gasteiger partial charge in [0.2, 0.25) is 10.0 Å². The van der Waals surface area contributed by atoms with Gasteiger partial charge in [0.1, 0.15) is 0 Å². The van der Waals surface area contributed by atoms with E-state index in [4.69, 9.17) is 5.11 Å². The number of H-pyrrole nitrogens is 1. The van der Waals surface area contributed by atoms with Gasteiger partial charge in [-0.05, 0) is 13.0 Å². The van der Waals surface area contributed by atoms with Crippen molar-refractivity contribution >= 4 is 10.0 Å². The van der Waals surface area contributed by atoms with Crippen LogP contribution in [0.2, 0.25) is 0 Å². The van der Waals surface area contributed by atoms with Gasteiger partial charge in [-0.25, -0.2) is 8.42 Å². The first-order valence-electron chi connectivity index (χ1n) is 5.34. The second-order valence-electron chi connectivity index (χ2n) is 3.91. The van der Waals surface area contributed by atoms with Crippen LogP contribution in [0.5, 0.6) is 0 Å². The lowest BCUT2D eigenvalue weighted by atomic mass is 10.3. The molecular formula is C11H18N2O3S. The molecule has 0 aliphatic heterocycles. The van der Waals surface area contributed by atoms with E-state index < -0.39 is 10.0 Å². The lowest BCUT2D eigenvalue weighted by Crippen LogP contribution is -2.32. The summed E-state index contributed by atoms with van der Waals surface area (Å²) in [5.41, 5.74) is 1.27. The Balaban J connectivity index is 3.03. The molecule has 1 rings (SSSR count). The third kappa shape index (κ3) is 3.18. The van der Waals surface area contributed by atoms with Crippen molar-refractivity contribution in [3.63, 3.8) is 0 Å². The van der Waals surface area contributed by atoms with Crippen molar-refractivity contribution in [2.24, 2.45) is 0 Å². The molecule has 0 aliphatic carbocycles. The van der Waals surface area contributed by atoms with Gasteiger partial charge in [-0.2, -0.15) is 4.31 Å². The molecule has 0 aliphatic rings. The number of hydrogen-bond donors (Lipinski definition) is 2. The largest absolute Gasteiger partial charge is 0.390 e. The van der Waals surface area contributed by atoms with Gasteiger partial charge in [0.05, 0.1) is 11.5 Å². The summed E-state index contributed by atoms with van der Waals surface area (Å²) in [6, 6.07) is 1.44. The van der Waals surface area contributed by atoms with Crippen molar-refractivity contribution in [1.29, 1.82) is 0 Å². The van der Waals surface area contributed by atoms with E-state index in [0.717, 1.165) is 5.57 Å². The lowest BCUT2D eigenvalue weighted by Gasteiger charge is -2.19. The van der Waals surface area contributed by atoms with E-state index >= 15 is 0 Å². The van der Waals surface area contributed by atoms with Crippen LogP contribution in [0.1, 0.15) is 19.5 Å². The van der Waals surface area contributed by atoms with Gasteiger partial charge in [-0.1, -0.05) is 19.1 Å². The molecule has 0 fully saturated rings. The molecule has 0 bridgehead atoms. The van der Waals surface area contributed by atoms with Crippen molar-refractivity contribution in [3.8, 4) is 0 Å². The van der Waals surface area contributed by atoms with E-state index in [-0.39, 0.29) is 11.5 Å². The van der Waals surface area contributed by atoms with Gasteiger partial charge in [-0.3, -0.25) is 0 Å². The molecule has 1 aromatic rings. The molecule has 0 radical (unpaired) electrons. The third-order valence-electron chi connectivity index (χ3n) is 2.32. The predicted molar refractivity (Wildman–Crippen MR) is 66.0 cm³/mol. The summed E-state index contributed by atoms with van der Waals surface area (Å²) < 4.78 is 25.8. The number of sulfonamides is 1. The predicted octanol–water partition coefficient (Wildman–Crippen LogP) is 1.09. The second kappa shape index (κ2) is 5.48. The first kappa shape index (κ1) is 14.0. The zero-order valence-electron chi connectivity index (χ0n) is 10.1. The normalized spacial score (nSPS) is 12.0. The van der Waals surface area contributed by atoms with Gasteiger partial charge in [0.15, 0.2) is 0 Å². The number of aliphatic hydroxyl groups is 1. The highest BCUT2D eigenvalue weighted by Crippen LogP contribution is 2.17. The monoisotopic (exact) mass is 258 g/mol. The minimum absolute atomic E-state index is 0.171. The third-order valence-corrected chi connectivity index (χ3v) is 4.22. The number of aromatic amines is 1. The maximum Gasteiger partial charge on any atom is 0.244 e. The van der Waals surface area contributed by atoms with E-state index in [1.54, 1.807) is 13.8 Å². The van der Waals surface area contributed by atoms with Gasteiger partial charge >= 0.3 is 0 Å². The molecule has 0 atom stereocenters. The zero-order valence-corrected chi connectivity index (χ0v) is 10.9. The molecule has 2 N–H and O–H groups in total. The minimum Gasteiger partial charge on any atom is -0.390 e. The Kier molecular flexibility index (Phi) is 4.50. The van der Waals surface area contributed by atoms with Crippen molar-refractivity contribution in [2.45, 2.75) is 25.3 Å². The first-order chi connectivity index (χ1) is 7.91. The van der Waals surface area contributed by atoms with Crippen molar-refractivity contribution < 1.29 is 13.5 Å². The topological polar surface area (TPSA) is 73.4 Å². The maximum atomic E-state index is 12.2. The quantitative estimate of drug-likeness (QED) is 0.750. The standard InChI is InChI=1S/C11H18N2O3S/c1-4-13(7-9(2)3)17(15,16)11-5-10(8-14)12-6-11/h5-6,12,14H,2,4,7-8H2,1,3H3. The summed E-state index contributed by atoms with van der Waals surface area (Å²) in [5, 5.41) is 8.90. The number of nitrogens with zero attached hydrogens (tertiary/aromatic N) is 1. The highest BCUT2D eigenvalue weighted by molar-refractivity contribution is 7.89. The van der Waals surface area contributed by atoms with Gasteiger partial charge in [-0.15, -0.1) is 0 Å². The van der Waals surface area contributed by atoms with Gasteiger partial charge in [0.25, 0.3) is 0 Å². The highest BCUT2D eigenvalue weighted by Gasteiger charge is 2.23. The molecule has 5 nitrogen and oxygen atoms in total. The number of rotatable bonds is 6. The summed E-state index contributed by atoms with van der Waals surface area (Å²) in [6.45, 7) is 7.76. The minimum atomic E-state index is -3.51. The van der Waals surface area contributed by atoms with Crippen LogP contribution < -0.4 is 0 Å². The molecule has 1 aromatic heterocycles. The molecule has 6 heteroatoms. The Bertz CT molecular complexity index is 491. The van der Waals surface area contributed by atoms with Crippen molar-refractivity contribution in [3.05, 3.63) is 30.1 Å². The van der Waals surface area contributed by atoms with Crippen LogP contribution in [0.3, 0.4) is 0 Å². The molecule has 0 unspecified atom stereocenters. The molecule has 0 saturated carbocycles. The molecule has 0 amide bonds. The number of aliphatic hydroxyl groups excluding tert-OH is 1. The van der Waals surface area contributed by atoms with Crippen LogP contribution in [0, 0.1) is 0 Å². The second-order valence-corrected chi connectivity index (χ2v) is 5.84. The molecular weight excluding hydrogens is 240 g/mol. The maximum absolute atomic E-state index is 12.2. The Labute approximate surface area is 102 Å². The van der Waals surface area contributed by atoms with Crippen LogP contribution in [0.15, 0.2) is 29.3 Å². The van der Waals surface area contributed by atoms with Crippen LogP contribution >= 0.6 is 0 Å². The lowest BCUT2D eigenvalue weighted by molar-refractivity contribution is 0.277. The van der Waals surface area contributed by atoms with E-state index in [9.17, 15) is 8.42 Å². The van der Waals surface area contributed by atoms with Crippen LogP contribution in [0.4, 0.5) is 0 Å². The van der Waals surface area contributed by atoms with Crippen LogP contribution in [0.25, 0.3) is 0 Å². The molecule has 96 valence electrons. The number of nitrogens with one attached hydrogen (secondary N) is 1.